The lowest BCUT2D eigenvalue weighted by molar-refractivity contribution is -0.172. The number of piperidine rings is 1. The van der Waals surface area contributed by atoms with Crippen LogP contribution in [0.2, 0.25) is 0 Å². The van der Waals surface area contributed by atoms with Gasteiger partial charge in [0.05, 0.1) is 31.8 Å². The third kappa shape index (κ3) is 5.71. The summed E-state index contributed by atoms with van der Waals surface area (Å²) < 4.78 is 22.8. The number of carbonyl (C=O) groups excluding carboxylic acids is 2. The first-order chi connectivity index (χ1) is 17.5. The van der Waals surface area contributed by atoms with Crippen molar-refractivity contribution in [2.75, 3.05) is 44.9 Å². The molecule has 0 bridgehead atoms. The lowest BCUT2D eigenvalue weighted by atomic mass is 9.70. The molecular weight excluding hydrogens is 460 g/mol. The number of nitrogens with one attached hydrogen (secondary N) is 1. The monoisotopic (exact) mass is 502 g/mol. The maximum absolute atomic E-state index is 13.3. The van der Waals surface area contributed by atoms with E-state index < -0.39 is 12.3 Å². The van der Waals surface area contributed by atoms with E-state index in [9.17, 15) is 9.59 Å². The number of rotatable bonds is 11. The predicted octanol–water partition coefficient (Wildman–Crippen LogP) is 4.57. The fourth-order valence-corrected chi connectivity index (χ4v) is 5.73. The summed E-state index contributed by atoms with van der Waals surface area (Å²) in [5, 5.41) is 3.44. The van der Waals surface area contributed by atoms with Crippen molar-refractivity contribution in [2.45, 2.75) is 77.7 Å². The maximum atomic E-state index is 13.3. The summed E-state index contributed by atoms with van der Waals surface area (Å²) in [6.45, 7) is 7.88. The van der Waals surface area contributed by atoms with E-state index in [4.69, 9.17) is 18.9 Å². The normalized spacial score (nSPS) is 22.3. The van der Waals surface area contributed by atoms with Crippen molar-refractivity contribution < 1.29 is 28.5 Å². The van der Waals surface area contributed by atoms with Crippen LogP contribution in [0.5, 0.6) is 0 Å². The zero-order valence-electron chi connectivity index (χ0n) is 22.1. The van der Waals surface area contributed by atoms with Crippen LogP contribution in [0.15, 0.2) is 18.2 Å². The van der Waals surface area contributed by atoms with Gasteiger partial charge in [-0.1, -0.05) is 39.5 Å². The standard InChI is InChI=1S/C28H42N2O6/c1-4-6-7-8-9-20(5-2)24(31)36-27-28(12-14-29-15-13-28)19-30(27)21-10-11-22(25(32)33-3)23(18-21)26-34-16-17-35-26/h10-11,18,20,26-27,29H,4-9,12-17,19H2,1-3H3. The molecule has 0 radical (unpaired) electrons. The first-order valence-electron chi connectivity index (χ1n) is 13.7. The van der Waals surface area contributed by atoms with Crippen molar-refractivity contribution in [2.24, 2.45) is 11.3 Å². The average molecular weight is 503 g/mol. The summed E-state index contributed by atoms with van der Waals surface area (Å²) in [7, 11) is 1.37. The average Bonchev–Trinajstić information content (AvgIpc) is 3.45. The summed E-state index contributed by atoms with van der Waals surface area (Å²) in [5.74, 6) is -0.581. The van der Waals surface area contributed by atoms with Crippen LogP contribution in [0.25, 0.3) is 0 Å². The van der Waals surface area contributed by atoms with Crippen molar-refractivity contribution in [1.82, 2.24) is 5.32 Å². The lowest BCUT2D eigenvalue weighted by Crippen LogP contribution is -2.69. The predicted molar refractivity (Wildman–Crippen MR) is 137 cm³/mol. The van der Waals surface area contributed by atoms with Gasteiger partial charge in [0.25, 0.3) is 0 Å². The first-order valence-corrected chi connectivity index (χ1v) is 13.7. The highest BCUT2D eigenvalue weighted by atomic mass is 16.7. The Labute approximate surface area is 215 Å². The Morgan fingerprint density at radius 1 is 1.14 bits per heavy atom. The molecule has 3 saturated heterocycles. The summed E-state index contributed by atoms with van der Waals surface area (Å²) in [5.41, 5.74) is 1.92. The van der Waals surface area contributed by atoms with Gasteiger partial charge in [0.1, 0.15) is 0 Å². The molecule has 3 aliphatic rings. The van der Waals surface area contributed by atoms with Gasteiger partial charge in [-0.15, -0.1) is 0 Å². The number of methoxy groups -OCH3 is 1. The van der Waals surface area contributed by atoms with E-state index in [1.165, 1.54) is 20.0 Å². The molecule has 8 heteroatoms. The fraction of sp³-hybridized carbons (Fsp3) is 0.714. The molecule has 2 unspecified atom stereocenters. The molecule has 1 spiro atoms. The Morgan fingerprint density at radius 3 is 2.56 bits per heavy atom. The number of hydrogen-bond acceptors (Lipinski definition) is 8. The van der Waals surface area contributed by atoms with Crippen molar-refractivity contribution in [3.05, 3.63) is 29.3 Å². The molecule has 0 amide bonds. The Hall–Kier alpha value is -2.16. The zero-order chi connectivity index (χ0) is 25.5. The second-order valence-corrected chi connectivity index (χ2v) is 10.3. The molecule has 200 valence electrons. The molecule has 4 rings (SSSR count). The molecule has 36 heavy (non-hydrogen) atoms. The van der Waals surface area contributed by atoms with Gasteiger partial charge in [-0.05, 0) is 57.0 Å². The van der Waals surface area contributed by atoms with E-state index in [0.717, 1.165) is 63.8 Å². The number of benzene rings is 1. The van der Waals surface area contributed by atoms with Crippen molar-refractivity contribution in [1.29, 1.82) is 0 Å². The molecule has 8 nitrogen and oxygen atoms in total. The van der Waals surface area contributed by atoms with Crippen LogP contribution in [-0.2, 0) is 23.7 Å². The number of esters is 2. The Balaban J connectivity index is 1.55. The van der Waals surface area contributed by atoms with Gasteiger partial charge in [0, 0.05) is 23.2 Å². The van der Waals surface area contributed by atoms with Crippen LogP contribution >= 0.6 is 0 Å². The van der Waals surface area contributed by atoms with E-state index in [2.05, 4.69) is 24.1 Å². The molecule has 1 aromatic carbocycles. The lowest BCUT2D eigenvalue weighted by Gasteiger charge is -2.59. The third-order valence-corrected chi connectivity index (χ3v) is 8.00. The molecular formula is C28H42N2O6. The van der Waals surface area contributed by atoms with Crippen molar-refractivity contribution in [3.63, 3.8) is 0 Å². The highest BCUT2D eigenvalue weighted by Gasteiger charge is 2.55. The number of anilines is 1. The highest BCUT2D eigenvalue weighted by Crippen LogP contribution is 2.48. The Morgan fingerprint density at radius 2 is 1.89 bits per heavy atom. The number of carbonyl (C=O) groups is 2. The van der Waals surface area contributed by atoms with Gasteiger partial charge < -0.3 is 29.2 Å². The quantitative estimate of drug-likeness (QED) is 0.348. The van der Waals surface area contributed by atoms with Gasteiger partial charge in [0.15, 0.2) is 12.5 Å². The first kappa shape index (κ1) is 26.9. The molecule has 3 aliphatic heterocycles. The minimum atomic E-state index is -0.609. The summed E-state index contributed by atoms with van der Waals surface area (Å²) >= 11 is 0. The smallest absolute Gasteiger partial charge is 0.338 e. The molecule has 0 saturated carbocycles. The van der Waals surface area contributed by atoms with Gasteiger partial charge in [-0.3, -0.25) is 4.79 Å². The van der Waals surface area contributed by atoms with Crippen LogP contribution < -0.4 is 10.2 Å². The van der Waals surface area contributed by atoms with Gasteiger partial charge in [-0.25, -0.2) is 4.79 Å². The summed E-state index contributed by atoms with van der Waals surface area (Å²) in [6.07, 6.45) is 7.29. The number of ether oxygens (including phenoxy) is 4. The number of nitrogens with zero attached hydrogens (tertiary/aromatic N) is 1. The molecule has 1 N–H and O–H groups in total. The van der Waals surface area contributed by atoms with E-state index >= 15 is 0 Å². The van der Waals surface area contributed by atoms with E-state index in [0.29, 0.717) is 24.3 Å². The molecule has 2 atom stereocenters. The molecule has 3 fully saturated rings. The second kappa shape index (κ2) is 12.4. The number of hydrogen-bond donors (Lipinski definition) is 1. The largest absolute Gasteiger partial charge is 0.465 e. The summed E-state index contributed by atoms with van der Waals surface area (Å²) in [6, 6.07) is 5.59. The minimum Gasteiger partial charge on any atom is -0.465 e. The maximum Gasteiger partial charge on any atom is 0.338 e. The molecule has 3 heterocycles. The van der Waals surface area contributed by atoms with Crippen LogP contribution in [0.3, 0.4) is 0 Å². The SMILES string of the molecule is CCCCCCC(CC)C(=O)OC1N(c2ccc(C(=O)OC)c(C3OCCO3)c2)CC12CCNCC2. The highest BCUT2D eigenvalue weighted by molar-refractivity contribution is 5.91. The van der Waals surface area contributed by atoms with Gasteiger partial charge >= 0.3 is 11.9 Å². The van der Waals surface area contributed by atoms with Crippen molar-refractivity contribution in [3.8, 4) is 0 Å². The van der Waals surface area contributed by atoms with Crippen LogP contribution in [0.1, 0.15) is 87.4 Å². The third-order valence-electron chi connectivity index (χ3n) is 8.00. The Kier molecular flexibility index (Phi) is 9.25. The molecule has 1 aromatic rings. The topological polar surface area (TPSA) is 86.3 Å². The van der Waals surface area contributed by atoms with Crippen molar-refractivity contribution >= 4 is 17.6 Å². The second-order valence-electron chi connectivity index (χ2n) is 10.3. The number of unbranched alkanes of at least 4 members (excludes halogenated alkanes) is 3. The van der Waals surface area contributed by atoms with E-state index in [1.807, 2.05) is 12.1 Å². The van der Waals surface area contributed by atoms with Gasteiger partial charge in [-0.2, -0.15) is 0 Å². The van der Waals surface area contributed by atoms with E-state index in [-0.39, 0.29) is 23.5 Å². The minimum absolute atomic E-state index is 0.0526. The fourth-order valence-electron chi connectivity index (χ4n) is 5.73. The summed E-state index contributed by atoms with van der Waals surface area (Å²) in [4.78, 5) is 27.9. The van der Waals surface area contributed by atoms with Gasteiger partial charge in [0.2, 0.25) is 0 Å². The zero-order valence-corrected chi connectivity index (χ0v) is 22.1. The molecule has 0 aromatic heterocycles. The Bertz CT molecular complexity index is 894. The van der Waals surface area contributed by atoms with Crippen LogP contribution in [0.4, 0.5) is 5.69 Å². The van der Waals surface area contributed by atoms with Crippen LogP contribution in [0, 0.1) is 11.3 Å². The van der Waals surface area contributed by atoms with E-state index in [1.54, 1.807) is 6.07 Å². The van der Waals surface area contributed by atoms with Crippen LogP contribution in [-0.4, -0.2) is 58.1 Å². The molecule has 0 aliphatic carbocycles.